The summed E-state index contributed by atoms with van der Waals surface area (Å²) in [5.74, 6) is 0. The van der Waals surface area contributed by atoms with Gasteiger partial charge in [0.05, 0.1) is 0 Å². The molecule has 2 nitrogen and oxygen atoms in total. The van der Waals surface area contributed by atoms with Crippen LogP contribution in [0, 0.1) is 0 Å². The van der Waals surface area contributed by atoms with Crippen molar-refractivity contribution >= 4 is 57.2 Å². The third kappa shape index (κ3) is 2.72. The maximum atomic E-state index is 2.47. The molecule has 3 aliphatic heterocycles. The molecular weight excluding hydrogens is 471 g/mol. The number of hydrogen-bond acceptors (Lipinski definition) is 2. The lowest BCUT2D eigenvalue weighted by molar-refractivity contribution is 1.25. The van der Waals surface area contributed by atoms with Gasteiger partial charge in [-0.2, -0.15) is 0 Å². The molecule has 0 saturated heterocycles. The Labute approximate surface area is 228 Å². The van der Waals surface area contributed by atoms with Crippen molar-refractivity contribution in [2.24, 2.45) is 0 Å². The average molecular weight is 494 g/mol. The van der Waals surface area contributed by atoms with Crippen LogP contribution in [0.4, 0.5) is 34.1 Å². The van der Waals surface area contributed by atoms with E-state index >= 15 is 0 Å². The van der Waals surface area contributed by atoms with E-state index in [9.17, 15) is 0 Å². The third-order valence-corrected chi connectivity index (χ3v) is 8.59. The van der Waals surface area contributed by atoms with Crippen LogP contribution in [0.1, 0.15) is 0 Å². The predicted molar refractivity (Wildman–Crippen MR) is 165 cm³/mol. The van der Waals surface area contributed by atoms with Crippen LogP contribution in [-0.4, -0.2) is 6.71 Å². The number of para-hydroxylation sites is 2. The molecular formula is C36H23BN2. The van der Waals surface area contributed by atoms with E-state index in [0.29, 0.717) is 0 Å². The van der Waals surface area contributed by atoms with E-state index in [2.05, 4.69) is 149 Å². The molecule has 0 bridgehead atoms. The third-order valence-electron chi connectivity index (χ3n) is 8.59. The van der Waals surface area contributed by atoms with Gasteiger partial charge in [-0.25, -0.2) is 0 Å². The second-order valence-electron chi connectivity index (χ2n) is 10.5. The largest absolute Gasteiger partial charge is 0.311 e. The molecule has 180 valence electrons. The van der Waals surface area contributed by atoms with Crippen LogP contribution in [0.3, 0.4) is 0 Å². The van der Waals surface area contributed by atoms with E-state index in [4.69, 9.17) is 0 Å². The minimum absolute atomic E-state index is 0.140. The van der Waals surface area contributed by atoms with Gasteiger partial charge in [-0.05, 0) is 87.2 Å². The van der Waals surface area contributed by atoms with Crippen LogP contribution in [0.2, 0.25) is 0 Å². The highest BCUT2D eigenvalue weighted by Crippen LogP contribution is 2.47. The average Bonchev–Trinajstić information content (AvgIpc) is 3.13. The van der Waals surface area contributed by atoms with Gasteiger partial charge in [0.15, 0.2) is 0 Å². The Morgan fingerprint density at radius 2 is 0.667 bits per heavy atom. The molecule has 39 heavy (non-hydrogen) atoms. The Morgan fingerprint density at radius 3 is 1.13 bits per heavy atom. The van der Waals surface area contributed by atoms with Crippen molar-refractivity contribution in [3.05, 3.63) is 140 Å². The topological polar surface area (TPSA) is 6.48 Å². The van der Waals surface area contributed by atoms with E-state index in [1.54, 1.807) is 0 Å². The zero-order valence-corrected chi connectivity index (χ0v) is 21.3. The standard InChI is InChI=1S/C36H23BN2/c1-3-12-24(13-4-1)38-30-20-9-18-28-26-16-7-8-17-27(26)29-19-10-21-31-35(29)37(34(28)30)36-32(38)22-11-23-33(36)39(31)25-14-5-2-6-15-25/h1-23H. The van der Waals surface area contributed by atoms with Crippen molar-refractivity contribution in [3.8, 4) is 22.3 Å². The van der Waals surface area contributed by atoms with Crippen molar-refractivity contribution < 1.29 is 0 Å². The van der Waals surface area contributed by atoms with Crippen LogP contribution >= 0.6 is 0 Å². The zero-order chi connectivity index (χ0) is 25.5. The molecule has 3 heteroatoms. The van der Waals surface area contributed by atoms with Gasteiger partial charge in [-0.3, -0.25) is 0 Å². The summed E-state index contributed by atoms with van der Waals surface area (Å²) in [6.07, 6.45) is 0. The molecule has 0 fully saturated rings. The SMILES string of the molecule is c1ccc(N2c3cccc4c3B3c5c(cccc5N(c5ccccc5)c5cccc2c53)-c2ccccc2-4)cc1. The van der Waals surface area contributed by atoms with Crippen LogP contribution < -0.4 is 26.2 Å². The van der Waals surface area contributed by atoms with Crippen molar-refractivity contribution in [1.29, 1.82) is 0 Å². The van der Waals surface area contributed by atoms with Crippen molar-refractivity contribution in [2.75, 3.05) is 9.80 Å². The molecule has 0 radical (unpaired) electrons. The second-order valence-corrected chi connectivity index (χ2v) is 10.5. The number of rotatable bonds is 2. The monoisotopic (exact) mass is 494 g/mol. The number of hydrogen-bond donors (Lipinski definition) is 0. The summed E-state index contributed by atoms with van der Waals surface area (Å²) in [5.41, 5.74) is 16.8. The minimum atomic E-state index is 0.140. The molecule has 0 aliphatic carbocycles. The Balaban J connectivity index is 1.49. The predicted octanol–water partition coefficient (Wildman–Crippen LogP) is 7.42. The molecule has 0 atom stereocenters. The maximum Gasteiger partial charge on any atom is 0.253 e. The van der Waals surface area contributed by atoms with Gasteiger partial charge in [0.2, 0.25) is 0 Å². The van der Waals surface area contributed by atoms with Gasteiger partial charge in [0.1, 0.15) is 0 Å². The van der Waals surface area contributed by atoms with Crippen molar-refractivity contribution in [1.82, 2.24) is 0 Å². The fraction of sp³-hybridized carbons (Fsp3) is 0. The van der Waals surface area contributed by atoms with Crippen LogP contribution in [-0.2, 0) is 0 Å². The van der Waals surface area contributed by atoms with Gasteiger partial charge in [0, 0.05) is 34.1 Å². The van der Waals surface area contributed by atoms with Crippen molar-refractivity contribution in [3.63, 3.8) is 0 Å². The first-order valence-corrected chi connectivity index (χ1v) is 13.6. The quantitative estimate of drug-likeness (QED) is 0.231. The van der Waals surface area contributed by atoms with Gasteiger partial charge < -0.3 is 9.80 Å². The molecule has 0 saturated carbocycles. The van der Waals surface area contributed by atoms with E-state index in [0.717, 1.165) is 0 Å². The Hall–Kier alpha value is -5.02. The van der Waals surface area contributed by atoms with Crippen LogP contribution in [0.25, 0.3) is 22.3 Å². The lowest BCUT2D eigenvalue weighted by Gasteiger charge is -2.44. The highest BCUT2D eigenvalue weighted by molar-refractivity contribution is 7.02. The lowest BCUT2D eigenvalue weighted by Crippen LogP contribution is -2.61. The summed E-state index contributed by atoms with van der Waals surface area (Å²) >= 11 is 0. The normalized spacial score (nSPS) is 13.5. The molecule has 0 amide bonds. The Bertz CT molecular complexity index is 1790. The fourth-order valence-corrected chi connectivity index (χ4v) is 7.16. The summed E-state index contributed by atoms with van der Waals surface area (Å²) in [6, 6.07) is 51.1. The second kappa shape index (κ2) is 7.75. The molecule has 0 spiro atoms. The maximum absolute atomic E-state index is 2.47. The summed E-state index contributed by atoms with van der Waals surface area (Å²) in [5, 5.41) is 0. The van der Waals surface area contributed by atoms with Gasteiger partial charge in [-0.1, -0.05) is 91.0 Å². The van der Waals surface area contributed by atoms with Gasteiger partial charge >= 0.3 is 0 Å². The highest BCUT2D eigenvalue weighted by Gasteiger charge is 2.46. The summed E-state index contributed by atoms with van der Waals surface area (Å²) in [4.78, 5) is 4.94. The first-order chi connectivity index (χ1) is 19.4. The lowest BCUT2D eigenvalue weighted by atomic mass is 9.32. The highest BCUT2D eigenvalue weighted by atomic mass is 15.2. The zero-order valence-electron chi connectivity index (χ0n) is 21.3. The summed E-state index contributed by atoms with van der Waals surface area (Å²) in [7, 11) is 0. The summed E-state index contributed by atoms with van der Waals surface area (Å²) in [6.45, 7) is 0.140. The van der Waals surface area contributed by atoms with Crippen LogP contribution in [0.5, 0.6) is 0 Å². The van der Waals surface area contributed by atoms with E-state index in [-0.39, 0.29) is 6.71 Å². The first-order valence-electron chi connectivity index (χ1n) is 13.6. The number of benzene rings is 6. The molecule has 6 aromatic rings. The molecule has 0 aromatic heterocycles. The first kappa shape index (κ1) is 21.0. The van der Waals surface area contributed by atoms with Crippen LogP contribution in [0.15, 0.2) is 140 Å². The number of anilines is 6. The fourth-order valence-electron chi connectivity index (χ4n) is 7.16. The smallest absolute Gasteiger partial charge is 0.253 e. The van der Waals surface area contributed by atoms with E-state index < -0.39 is 0 Å². The Morgan fingerprint density at radius 1 is 0.308 bits per heavy atom. The molecule has 6 aromatic carbocycles. The molecule has 0 unspecified atom stereocenters. The molecule has 0 N–H and O–H groups in total. The Kier molecular flexibility index (Phi) is 4.17. The van der Waals surface area contributed by atoms with E-state index in [1.807, 2.05) is 0 Å². The van der Waals surface area contributed by atoms with E-state index in [1.165, 1.54) is 72.8 Å². The van der Waals surface area contributed by atoms with Gasteiger partial charge in [0.25, 0.3) is 6.71 Å². The number of fused-ring (bicyclic) bond motifs is 3. The van der Waals surface area contributed by atoms with Gasteiger partial charge in [-0.15, -0.1) is 0 Å². The molecule has 3 heterocycles. The molecule has 9 rings (SSSR count). The summed E-state index contributed by atoms with van der Waals surface area (Å²) < 4.78 is 0. The number of nitrogens with zero attached hydrogens (tertiary/aromatic N) is 2. The van der Waals surface area contributed by atoms with Crippen molar-refractivity contribution in [2.45, 2.75) is 0 Å². The molecule has 3 aliphatic rings. The minimum Gasteiger partial charge on any atom is -0.311 e.